The van der Waals surface area contributed by atoms with Crippen LogP contribution in [0.1, 0.15) is 21.7 Å². The zero-order valence-corrected chi connectivity index (χ0v) is 12.9. The van der Waals surface area contributed by atoms with Crippen LogP contribution in [0, 0.1) is 6.92 Å². The van der Waals surface area contributed by atoms with Crippen LogP contribution in [0.3, 0.4) is 0 Å². The first kappa shape index (κ1) is 15.7. The summed E-state index contributed by atoms with van der Waals surface area (Å²) in [6.45, 7) is 1.89. The van der Waals surface area contributed by atoms with E-state index in [4.69, 9.17) is 21.7 Å². The van der Waals surface area contributed by atoms with Crippen molar-refractivity contribution in [3.8, 4) is 11.3 Å². The van der Waals surface area contributed by atoms with Gasteiger partial charge < -0.3 is 14.8 Å². The van der Waals surface area contributed by atoms with E-state index in [1.807, 2.05) is 6.92 Å². The van der Waals surface area contributed by atoms with Crippen LogP contribution in [-0.4, -0.2) is 29.5 Å². The maximum Gasteiger partial charge on any atom is 0.335 e. The highest BCUT2D eigenvalue weighted by atomic mass is 32.1. The molecule has 1 heterocycles. The average Bonchev–Trinajstić information content (AvgIpc) is 2.95. The van der Waals surface area contributed by atoms with Gasteiger partial charge in [-0.25, -0.2) is 4.79 Å². The molecule has 1 aromatic heterocycles. The first-order chi connectivity index (χ1) is 10.5. The van der Waals surface area contributed by atoms with Gasteiger partial charge in [-0.1, -0.05) is 6.07 Å². The van der Waals surface area contributed by atoms with Crippen LogP contribution in [0.15, 0.2) is 39.9 Å². The van der Waals surface area contributed by atoms with Gasteiger partial charge in [0, 0.05) is 12.6 Å². The van der Waals surface area contributed by atoms with Crippen molar-refractivity contribution in [3.05, 3.63) is 47.2 Å². The Labute approximate surface area is 132 Å². The lowest BCUT2D eigenvalue weighted by molar-refractivity contribution is 0.0697. The van der Waals surface area contributed by atoms with E-state index >= 15 is 0 Å². The largest absolute Gasteiger partial charge is 0.478 e. The lowest BCUT2D eigenvalue weighted by atomic mass is 10.0. The Morgan fingerprint density at radius 1 is 1.36 bits per heavy atom. The van der Waals surface area contributed by atoms with Gasteiger partial charge in [0.05, 0.1) is 11.8 Å². The number of aryl methyl sites for hydroxylation is 1. The summed E-state index contributed by atoms with van der Waals surface area (Å²) in [6, 6.07) is 8.42. The van der Waals surface area contributed by atoms with Crippen molar-refractivity contribution < 1.29 is 14.3 Å². The standard InChI is InChI=1S/C15H15N3O3S/c1-9-3-4-10(14(19)20)7-12(9)13-6-5-11(21-13)8-17-18-15(22)16-2/h3-8H,1-2H3,(H,19,20)(H2,16,18,22). The van der Waals surface area contributed by atoms with Crippen molar-refractivity contribution in [1.29, 1.82) is 0 Å². The first-order valence-corrected chi connectivity index (χ1v) is 6.87. The zero-order valence-electron chi connectivity index (χ0n) is 12.1. The van der Waals surface area contributed by atoms with E-state index in [0.717, 1.165) is 11.1 Å². The fraction of sp³-hybridized carbons (Fsp3) is 0.133. The van der Waals surface area contributed by atoms with Crippen molar-refractivity contribution in [2.75, 3.05) is 7.05 Å². The Bertz CT molecular complexity index is 737. The minimum absolute atomic E-state index is 0.216. The lowest BCUT2D eigenvalue weighted by Gasteiger charge is -2.04. The van der Waals surface area contributed by atoms with Crippen LogP contribution in [0.4, 0.5) is 0 Å². The van der Waals surface area contributed by atoms with Gasteiger partial charge in [-0.15, -0.1) is 0 Å². The van der Waals surface area contributed by atoms with E-state index in [9.17, 15) is 4.79 Å². The maximum atomic E-state index is 11.1. The number of benzene rings is 1. The lowest BCUT2D eigenvalue weighted by Crippen LogP contribution is -2.28. The third-order valence-corrected chi connectivity index (χ3v) is 3.26. The molecular formula is C15H15N3O3S. The number of aromatic carboxylic acids is 1. The minimum Gasteiger partial charge on any atom is -0.478 e. The normalized spacial score (nSPS) is 10.6. The molecule has 0 amide bonds. The van der Waals surface area contributed by atoms with Gasteiger partial charge in [0.1, 0.15) is 11.5 Å². The number of nitrogens with zero attached hydrogens (tertiary/aromatic N) is 1. The third kappa shape index (κ3) is 3.70. The van der Waals surface area contributed by atoms with Crippen LogP contribution in [0.2, 0.25) is 0 Å². The second-order valence-electron chi connectivity index (χ2n) is 4.49. The van der Waals surface area contributed by atoms with Crippen molar-refractivity contribution in [1.82, 2.24) is 10.7 Å². The Balaban J connectivity index is 2.23. The van der Waals surface area contributed by atoms with E-state index in [1.54, 1.807) is 37.4 Å². The van der Waals surface area contributed by atoms with Crippen LogP contribution >= 0.6 is 12.2 Å². The summed E-state index contributed by atoms with van der Waals surface area (Å²) in [4.78, 5) is 11.1. The molecule has 0 radical (unpaired) electrons. The predicted molar refractivity (Wildman–Crippen MR) is 88.2 cm³/mol. The number of hydrogen-bond donors (Lipinski definition) is 3. The number of furan rings is 1. The molecule has 114 valence electrons. The Kier molecular flexibility index (Phi) is 4.90. The smallest absolute Gasteiger partial charge is 0.335 e. The summed E-state index contributed by atoms with van der Waals surface area (Å²) in [5.74, 6) is 0.138. The number of hydrazone groups is 1. The molecule has 0 bridgehead atoms. The molecule has 7 heteroatoms. The summed E-state index contributed by atoms with van der Waals surface area (Å²) in [7, 11) is 1.69. The molecule has 0 saturated heterocycles. The zero-order chi connectivity index (χ0) is 16.1. The van der Waals surface area contributed by atoms with Gasteiger partial charge in [0.15, 0.2) is 5.11 Å². The summed E-state index contributed by atoms with van der Waals surface area (Å²) in [5.41, 5.74) is 4.50. The summed E-state index contributed by atoms with van der Waals surface area (Å²) < 4.78 is 5.65. The molecule has 2 rings (SSSR count). The van der Waals surface area contributed by atoms with Crippen LogP contribution < -0.4 is 10.7 Å². The Morgan fingerprint density at radius 2 is 2.14 bits per heavy atom. The first-order valence-electron chi connectivity index (χ1n) is 6.46. The molecule has 0 spiro atoms. The molecule has 0 aliphatic rings. The number of carboxylic acid groups (broad SMARTS) is 1. The predicted octanol–water partition coefficient (Wildman–Crippen LogP) is 2.38. The number of nitrogens with one attached hydrogen (secondary N) is 2. The molecule has 0 aliphatic heterocycles. The monoisotopic (exact) mass is 317 g/mol. The molecule has 2 aromatic rings. The molecule has 0 aliphatic carbocycles. The number of carboxylic acids is 1. The highest BCUT2D eigenvalue weighted by molar-refractivity contribution is 7.80. The molecule has 0 fully saturated rings. The third-order valence-electron chi connectivity index (χ3n) is 2.96. The molecular weight excluding hydrogens is 302 g/mol. The second kappa shape index (κ2) is 6.86. The molecule has 22 heavy (non-hydrogen) atoms. The molecule has 0 unspecified atom stereocenters. The van der Waals surface area contributed by atoms with Crippen LogP contribution in [-0.2, 0) is 0 Å². The van der Waals surface area contributed by atoms with Crippen molar-refractivity contribution >= 4 is 29.5 Å². The number of hydrogen-bond acceptors (Lipinski definition) is 4. The van der Waals surface area contributed by atoms with E-state index < -0.39 is 5.97 Å². The fourth-order valence-corrected chi connectivity index (χ4v) is 1.85. The number of rotatable bonds is 4. The summed E-state index contributed by atoms with van der Waals surface area (Å²) in [6.07, 6.45) is 1.49. The molecule has 0 saturated carbocycles. The molecule has 0 atom stereocenters. The van der Waals surface area contributed by atoms with Gasteiger partial charge in [0.25, 0.3) is 0 Å². The molecule has 3 N–H and O–H groups in total. The minimum atomic E-state index is -0.973. The molecule has 1 aromatic carbocycles. The van der Waals surface area contributed by atoms with E-state index in [0.29, 0.717) is 16.6 Å². The summed E-state index contributed by atoms with van der Waals surface area (Å²) >= 11 is 4.89. The van der Waals surface area contributed by atoms with Gasteiger partial charge >= 0.3 is 5.97 Å². The Hall–Kier alpha value is -2.67. The van der Waals surface area contributed by atoms with E-state index in [1.165, 1.54) is 6.21 Å². The van der Waals surface area contributed by atoms with Crippen molar-refractivity contribution in [3.63, 3.8) is 0 Å². The van der Waals surface area contributed by atoms with Crippen LogP contribution in [0.5, 0.6) is 0 Å². The quantitative estimate of drug-likeness (QED) is 0.456. The van der Waals surface area contributed by atoms with E-state index in [-0.39, 0.29) is 5.56 Å². The number of carbonyl (C=O) groups is 1. The van der Waals surface area contributed by atoms with Gasteiger partial charge in [0.2, 0.25) is 0 Å². The molecule has 6 nitrogen and oxygen atoms in total. The Morgan fingerprint density at radius 3 is 2.82 bits per heavy atom. The maximum absolute atomic E-state index is 11.1. The van der Waals surface area contributed by atoms with Gasteiger partial charge in [-0.2, -0.15) is 5.10 Å². The van der Waals surface area contributed by atoms with Crippen molar-refractivity contribution in [2.24, 2.45) is 5.10 Å². The average molecular weight is 317 g/mol. The highest BCUT2D eigenvalue weighted by Gasteiger charge is 2.11. The van der Waals surface area contributed by atoms with Gasteiger partial charge in [-0.3, -0.25) is 5.43 Å². The van der Waals surface area contributed by atoms with Gasteiger partial charge in [-0.05, 0) is 49.0 Å². The number of thiocarbonyl (C=S) groups is 1. The summed E-state index contributed by atoms with van der Waals surface area (Å²) in [5, 5.41) is 16.1. The highest BCUT2D eigenvalue weighted by Crippen LogP contribution is 2.26. The van der Waals surface area contributed by atoms with Crippen molar-refractivity contribution in [2.45, 2.75) is 6.92 Å². The SMILES string of the molecule is CNC(=S)NN=Cc1ccc(-c2cc(C(=O)O)ccc2C)o1. The topological polar surface area (TPSA) is 86.9 Å². The fourth-order valence-electron chi connectivity index (χ4n) is 1.80. The van der Waals surface area contributed by atoms with E-state index in [2.05, 4.69) is 15.8 Å². The second-order valence-corrected chi connectivity index (χ2v) is 4.89. The van der Waals surface area contributed by atoms with Crippen LogP contribution in [0.25, 0.3) is 11.3 Å².